The van der Waals surface area contributed by atoms with Gasteiger partial charge < -0.3 is 25.0 Å². The summed E-state index contributed by atoms with van der Waals surface area (Å²) in [6, 6.07) is 5.31. The van der Waals surface area contributed by atoms with E-state index in [0.29, 0.717) is 12.0 Å². The first-order valence-corrected chi connectivity index (χ1v) is 11.9. The second-order valence-electron chi connectivity index (χ2n) is 8.70. The SMILES string of the molecule is CCCN(C(=O)C(CS)NC(=O)OC(C)(C)C)C(C(=O)NCC(=O)OC)c1ccc(CC)cc1. The Bertz CT molecular complexity index is 838. The van der Waals surface area contributed by atoms with E-state index in [0.717, 1.165) is 12.0 Å². The molecule has 1 aromatic carbocycles. The zero-order valence-electron chi connectivity index (χ0n) is 20.8. The molecule has 2 unspecified atom stereocenters. The fraction of sp³-hybridized carbons (Fsp3) is 0.583. The Hall–Kier alpha value is -2.75. The van der Waals surface area contributed by atoms with Crippen LogP contribution in [-0.4, -0.2) is 66.4 Å². The number of hydrogen-bond acceptors (Lipinski definition) is 7. The molecule has 190 valence electrons. The van der Waals surface area contributed by atoms with E-state index in [-0.39, 0.29) is 18.8 Å². The van der Waals surface area contributed by atoms with Crippen molar-refractivity contribution in [1.29, 1.82) is 0 Å². The van der Waals surface area contributed by atoms with E-state index >= 15 is 0 Å². The molecule has 9 nitrogen and oxygen atoms in total. The van der Waals surface area contributed by atoms with E-state index in [1.54, 1.807) is 32.9 Å². The van der Waals surface area contributed by atoms with Gasteiger partial charge in [-0.05, 0) is 44.7 Å². The Morgan fingerprint density at radius 2 is 1.71 bits per heavy atom. The van der Waals surface area contributed by atoms with E-state index in [1.807, 2.05) is 26.0 Å². The lowest BCUT2D eigenvalue weighted by Gasteiger charge is -2.34. The summed E-state index contributed by atoms with van der Waals surface area (Å²) in [5.74, 6) is -1.63. The van der Waals surface area contributed by atoms with E-state index in [9.17, 15) is 19.2 Å². The second kappa shape index (κ2) is 13.8. The molecule has 1 rings (SSSR count). The van der Waals surface area contributed by atoms with E-state index in [1.165, 1.54) is 12.0 Å². The summed E-state index contributed by atoms with van der Waals surface area (Å²) in [6.07, 6.45) is 0.625. The van der Waals surface area contributed by atoms with Crippen LogP contribution in [0.15, 0.2) is 24.3 Å². The summed E-state index contributed by atoms with van der Waals surface area (Å²) in [6.45, 7) is 8.95. The van der Waals surface area contributed by atoms with Gasteiger partial charge in [-0.15, -0.1) is 0 Å². The molecule has 10 heteroatoms. The molecule has 1 aromatic rings. The Labute approximate surface area is 207 Å². The first kappa shape index (κ1) is 29.3. The minimum atomic E-state index is -1.02. The zero-order chi connectivity index (χ0) is 25.9. The van der Waals surface area contributed by atoms with E-state index < -0.39 is 41.6 Å². The van der Waals surface area contributed by atoms with Crippen molar-refractivity contribution in [3.63, 3.8) is 0 Å². The first-order chi connectivity index (χ1) is 16.0. The summed E-state index contributed by atoms with van der Waals surface area (Å²) >= 11 is 4.24. The Morgan fingerprint density at radius 1 is 1.09 bits per heavy atom. The van der Waals surface area contributed by atoms with Crippen molar-refractivity contribution in [2.45, 2.75) is 65.1 Å². The van der Waals surface area contributed by atoms with Gasteiger partial charge in [0.25, 0.3) is 0 Å². The molecule has 0 aromatic heterocycles. The van der Waals surface area contributed by atoms with Crippen LogP contribution in [0.4, 0.5) is 4.79 Å². The Balaban J connectivity index is 3.31. The standard InChI is InChI=1S/C24H37N3O6S/c1-7-13-27(22(30)18(15-34)26-23(31)33-24(3,4)5)20(21(29)25-14-19(28)32-6)17-11-9-16(8-2)10-12-17/h9-12,18,20,34H,7-8,13-15H2,1-6H3,(H,25,29)(H,26,31). The molecular formula is C24H37N3O6S. The largest absolute Gasteiger partial charge is 0.468 e. The maximum absolute atomic E-state index is 13.5. The van der Waals surface area contributed by atoms with Gasteiger partial charge in [-0.25, -0.2) is 4.79 Å². The lowest BCUT2D eigenvalue weighted by Crippen LogP contribution is -2.54. The highest BCUT2D eigenvalue weighted by Crippen LogP contribution is 2.24. The average Bonchev–Trinajstić information content (AvgIpc) is 2.79. The van der Waals surface area contributed by atoms with E-state index in [2.05, 4.69) is 28.0 Å². The van der Waals surface area contributed by atoms with Crippen molar-refractivity contribution in [2.75, 3.05) is 26.0 Å². The molecule has 3 amide bonds. The maximum Gasteiger partial charge on any atom is 0.408 e. The molecule has 0 fully saturated rings. The molecule has 0 saturated carbocycles. The number of alkyl carbamates (subject to hydrolysis) is 1. The van der Waals surface area contributed by atoms with Gasteiger partial charge in [-0.3, -0.25) is 14.4 Å². The van der Waals surface area contributed by atoms with Gasteiger partial charge in [0, 0.05) is 12.3 Å². The lowest BCUT2D eigenvalue weighted by molar-refractivity contribution is -0.144. The molecule has 0 aliphatic heterocycles. The molecule has 0 heterocycles. The number of nitrogens with zero attached hydrogens (tertiary/aromatic N) is 1. The first-order valence-electron chi connectivity index (χ1n) is 11.3. The number of nitrogens with one attached hydrogen (secondary N) is 2. The minimum absolute atomic E-state index is 0.00353. The number of ether oxygens (including phenoxy) is 2. The quantitative estimate of drug-likeness (QED) is 0.321. The van der Waals surface area contributed by atoms with Crippen molar-refractivity contribution >= 4 is 36.5 Å². The van der Waals surface area contributed by atoms with Crippen molar-refractivity contribution in [2.24, 2.45) is 0 Å². The highest BCUT2D eigenvalue weighted by molar-refractivity contribution is 7.80. The van der Waals surface area contributed by atoms with Gasteiger partial charge in [-0.1, -0.05) is 38.1 Å². The Kier molecular flexibility index (Phi) is 11.9. The number of carbonyl (C=O) groups excluding carboxylic acids is 4. The number of esters is 1. The highest BCUT2D eigenvalue weighted by Gasteiger charge is 2.35. The number of rotatable bonds is 11. The molecule has 0 bridgehead atoms. The van der Waals surface area contributed by atoms with Crippen LogP contribution in [0.25, 0.3) is 0 Å². The number of hydrogen-bond donors (Lipinski definition) is 3. The fourth-order valence-electron chi connectivity index (χ4n) is 3.18. The van der Waals surface area contributed by atoms with Crippen molar-refractivity contribution in [1.82, 2.24) is 15.5 Å². The van der Waals surface area contributed by atoms with Crippen molar-refractivity contribution < 1.29 is 28.7 Å². The number of amides is 3. The zero-order valence-corrected chi connectivity index (χ0v) is 21.7. The molecular weight excluding hydrogens is 458 g/mol. The molecule has 34 heavy (non-hydrogen) atoms. The molecule has 0 aliphatic carbocycles. The smallest absolute Gasteiger partial charge is 0.408 e. The van der Waals surface area contributed by atoms with Gasteiger partial charge in [0.15, 0.2) is 0 Å². The van der Waals surface area contributed by atoms with Crippen molar-refractivity contribution in [3.8, 4) is 0 Å². The third kappa shape index (κ3) is 9.24. The maximum atomic E-state index is 13.5. The van der Waals surface area contributed by atoms with E-state index in [4.69, 9.17) is 4.74 Å². The van der Waals surface area contributed by atoms with Crippen molar-refractivity contribution in [3.05, 3.63) is 35.4 Å². The molecule has 2 N–H and O–H groups in total. The van der Waals surface area contributed by atoms with Crippen LogP contribution in [0.3, 0.4) is 0 Å². The number of thiol groups is 1. The van der Waals surface area contributed by atoms with Crippen LogP contribution in [-0.2, 0) is 30.3 Å². The third-order valence-corrected chi connectivity index (χ3v) is 5.18. The lowest BCUT2D eigenvalue weighted by atomic mass is 10.0. The molecule has 0 saturated heterocycles. The topological polar surface area (TPSA) is 114 Å². The van der Waals surface area contributed by atoms with Crippen LogP contribution >= 0.6 is 12.6 Å². The van der Waals surface area contributed by atoms with Gasteiger partial charge in [0.2, 0.25) is 11.8 Å². The number of carbonyl (C=O) groups is 4. The minimum Gasteiger partial charge on any atom is -0.468 e. The molecule has 0 aliphatic rings. The predicted molar refractivity (Wildman–Crippen MR) is 133 cm³/mol. The van der Waals surface area contributed by atoms with Crippen LogP contribution < -0.4 is 10.6 Å². The number of aryl methyl sites for hydroxylation is 1. The molecule has 0 radical (unpaired) electrons. The monoisotopic (exact) mass is 495 g/mol. The second-order valence-corrected chi connectivity index (χ2v) is 9.07. The molecule has 0 spiro atoms. The average molecular weight is 496 g/mol. The third-order valence-electron chi connectivity index (χ3n) is 4.82. The van der Waals surface area contributed by atoms with Crippen LogP contribution in [0, 0.1) is 0 Å². The number of benzene rings is 1. The van der Waals surface area contributed by atoms with Gasteiger partial charge in [0.05, 0.1) is 7.11 Å². The summed E-state index contributed by atoms with van der Waals surface area (Å²) in [5.41, 5.74) is 0.913. The normalized spacial score (nSPS) is 12.8. The summed E-state index contributed by atoms with van der Waals surface area (Å²) in [4.78, 5) is 52.0. The highest BCUT2D eigenvalue weighted by atomic mass is 32.1. The van der Waals surface area contributed by atoms with Gasteiger partial charge >= 0.3 is 12.1 Å². The van der Waals surface area contributed by atoms with Gasteiger partial charge in [-0.2, -0.15) is 12.6 Å². The summed E-state index contributed by atoms with van der Waals surface area (Å²) in [7, 11) is 1.22. The Morgan fingerprint density at radius 3 is 2.18 bits per heavy atom. The summed E-state index contributed by atoms with van der Waals surface area (Å²) < 4.78 is 9.88. The van der Waals surface area contributed by atoms with Crippen LogP contribution in [0.2, 0.25) is 0 Å². The predicted octanol–water partition coefficient (Wildman–Crippen LogP) is 2.64. The summed E-state index contributed by atoms with van der Waals surface area (Å²) in [5, 5.41) is 5.09. The fourth-order valence-corrected chi connectivity index (χ4v) is 3.43. The van der Waals surface area contributed by atoms with Crippen LogP contribution in [0.1, 0.15) is 58.2 Å². The molecule has 2 atom stereocenters. The van der Waals surface area contributed by atoms with Crippen LogP contribution in [0.5, 0.6) is 0 Å². The van der Waals surface area contributed by atoms with Gasteiger partial charge in [0.1, 0.15) is 24.2 Å². The number of methoxy groups -OCH3 is 1.